The van der Waals surface area contributed by atoms with Crippen molar-refractivity contribution >= 4 is 16.9 Å². The quantitative estimate of drug-likeness (QED) is 0.394. The summed E-state index contributed by atoms with van der Waals surface area (Å²) < 4.78 is 14.0. The minimum Gasteiger partial charge on any atom is -0.490 e. The van der Waals surface area contributed by atoms with Gasteiger partial charge in [-0.2, -0.15) is 0 Å². The molecule has 6 heteroatoms. The van der Waals surface area contributed by atoms with Crippen molar-refractivity contribution in [2.45, 2.75) is 52.0 Å². The average molecular weight is 436 g/mol. The van der Waals surface area contributed by atoms with E-state index < -0.39 is 0 Å². The Balaban J connectivity index is 1.31. The first-order valence-electron chi connectivity index (χ1n) is 11.8. The number of nitrogens with one attached hydrogen (secondary N) is 1. The highest BCUT2D eigenvalue weighted by molar-refractivity contribution is 5.80. The maximum absolute atomic E-state index is 11.7. The summed E-state index contributed by atoms with van der Waals surface area (Å²) in [4.78, 5) is 16.6. The maximum Gasteiger partial charge on any atom is 0.223 e. The van der Waals surface area contributed by atoms with E-state index in [4.69, 9.17) is 14.5 Å². The molecule has 0 bridgehead atoms. The van der Waals surface area contributed by atoms with Crippen LogP contribution in [0.2, 0.25) is 0 Å². The molecule has 0 spiro atoms. The summed E-state index contributed by atoms with van der Waals surface area (Å²) in [5.74, 6) is 3.17. The topological polar surface area (TPSA) is 65.4 Å². The van der Waals surface area contributed by atoms with E-state index in [-0.39, 0.29) is 11.8 Å². The van der Waals surface area contributed by atoms with Crippen LogP contribution in [0.4, 0.5) is 0 Å². The molecular formula is C26H33N3O3. The SMILES string of the molecule is CCOc1ccccc1OCCn1c(CCCCCNC(=O)C2CC2)nc2ccccc21. The van der Waals surface area contributed by atoms with Crippen molar-refractivity contribution in [2.75, 3.05) is 19.8 Å². The number of unbranched alkanes of at least 4 members (excludes halogenated alkanes) is 2. The fourth-order valence-electron chi connectivity index (χ4n) is 3.94. The Labute approximate surface area is 189 Å². The molecule has 1 aliphatic rings. The molecule has 4 rings (SSSR count). The van der Waals surface area contributed by atoms with Crippen LogP contribution in [0.5, 0.6) is 11.5 Å². The van der Waals surface area contributed by atoms with Crippen LogP contribution in [0.15, 0.2) is 48.5 Å². The fraction of sp³-hybridized carbons (Fsp3) is 0.462. The van der Waals surface area contributed by atoms with Gasteiger partial charge in [-0.1, -0.05) is 30.7 Å². The number of aromatic nitrogens is 2. The molecule has 3 aromatic rings. The molecule has 0 radical (unpaired) electrons. The van der Waals surface area contributed by atoms with E-state index in [9.17, 15) is 4.79 Å². The van der Waals surface area contributed by atoms with Gasteiger partial charge in [0.15, 0.2) is 11.5 Å². The molecule has 2 aromatic carbocycles. The van der Waals surface area contributed by atoms with Crippen LogP contribution in [-0.2, 0) is 17.8 Å². The first-order valence-corrected chi connectivity index (χ1v) is 11.8. The van der Waals surface area contributed by atoms with Gasteiger partial charge in [-0.05, 0) is 56.9 Å². The predicted molar refractivity (Wildman–Crippen MR) is 126 cm³/mol. The van der Waals surface area contributed by atoms with Gasteiger partial charge in [-0.15, -0.1) is 0 Å². The van der Waals surface area contributed by atoms with E-state index in [0.717, 1.165) is 80.0 Å². The molecule has 1 amide bonds. The number of aryl methyl sites for hydroxylation is 1. The second-order valence-electron chi connectivity index (χ2n) is 8.27. The number of hydrogen-bond donors (Lipinski definition) is 1. The number of carbonyl (C=O) groups is 1. The zero-order valence-corrected chi connectivity index (χ0v) is 18.9. The molecule has 1 fully saturated rings. The third kappa shape index (κ3) is 5.81. The molecule has 1 saturated carbocycles. The van der Waals surface area contributed by atoms with Crippen LogP contribution in [0.3, 0.4) is 0 Å². The number of rotatable bonds is 13. The van der Waals surface area contributed by atoms with Crippen molar-refractivity contribution in [1.82, 2.24) is 14.9 Å². The largest absolute Gasteiger partial charge is 0.490 e. The smallest absolute Gasteiger partial charge is 0.223 e. The van der Waals surface area contributed by atoms with Crippen LogP contribution in [0.1, 0.15) is 44.9 Å². The van der Waals surface area contributed by atoms with Gasteiger partial charge in [0.2, 0.25) is 5.91 Å². The zero-order valence-electron chi connectivity index (χ0n) is 18.9. The second-order valence-corrected chi connectivity index (χ2v) is 8.27. The van der Waals surface area contributed by atoms with Gasteiger partial charge >= 0.3 is 0 Å². The molecule has 32 heavy (non-hydrogen) atoms. The third-order valence-electron chi connectivity index (χ3n) is 5.78. The lowest BCUT2D eigenvalue weighted by Crippen LogP contribution is -2.25. The number of benzene rings is 2. The van der Waals surface area contributed by atoms with E-state index >= 15 is 0 Å². The molecule has 1 N–H and O–H groups in total. The Morgan fingerprint density at radius 1 is 1.03 bits per heavy atom. The van der Waals surface area contributed by atoms with Crippen molar-refractivity contribution in [3.8, 4) is 11.5 Å². The molecule has 1 aromatic heterocycles. The number of carbonyl (C=O) groups excluding carboxylic acids is 1. The van der Waals surface area contributed by atoms with E-state index in [2.05, 4.69) is 28.1 Å². The zero-order chi connectivity index (χ0) is 22.2. The Morgan fingerprint density at radius 3 is 2.56 bits per heavy atom. The van der Waals surface area contributed by atoms with E-state index in [1.807, 2.05) is 37.3 Å². The highest BCUT2D eigenvalue weighted by Crippen LogP contribution is 2.29. The monoisotopic (exact) mass is 435 g/mol. The lowest BCUT2D eigenvalue weighted by molar-refractivity contribution is -0.122. The van der Waals surface area contributed by atoms with E-state index in [1.54, 1.807) is 0 Å². The third-order valence-corrected chi connectivity index (χ3v) is 5.78. The molecule has 0 saturated heterocycles. The molecule has 0 atom stereocenters. The normalized spacial score (nSPS) is 13.3. The van der Waals surface area contributed by atoms with Gasteiger partial charge in [0.05, 0.1) is 24.2 Å². The summed E-state index contributed by atoms with van der Waals surface area (Å²) in [6, 6.07) is 16.1. The van der Waals surface area contributed by atoms with Crippen LogP contribution >= 0.6 is 0 Å². The fourth-order valence-corrected chi connectivity index (χ4v) is 3.94. The van der Waals surface area contributed by atoms with Crippen molar-refractivity contribution < 1.29 is 14.3 Å². The number of fused-ring (bicyclic) bond motifs is 1. The minimum absolute atomic E-state index is 0.234. The first-order chi connectivity index (χ1) is 15.8. The summed E-state index contributed by atoms with van der Waals surface area (Å²) in [7, 11) is 0. The molecular weight excluding hydrogens is 402 g/mol. The Bertz CT molecular complexity index is 1030. The number of amides is 1. The number of ether oxygens (including phenoxy) is 2. The number of nitrogens with zero attached hydrogens (tertiary/aromatic N) is 2. The van der Waals surface area contributed by atoms with Gasteiger partial charge in [0.1, 0.15) is 12.4 Å². The van der Waals surface area contributed by atoms with Gasteiger partial charge in [-0.3, -0.25) is 4.79 Å². The maximum atomic E-state index is 11.7. The predicted octanol–water partition coefficient (Wildman–Crippen LogP) is 4.75. The molecule has 170 valence electrons. The number of imidazole rings is 1. The van der Waals surface area contributed by atoms with Crippen LogP contribution in [-0.4, -0.2) is 35.2 Å². The average Bonchev–Trinajstić information content (AvgIpc) is 3.60. The van der Waals surface area contributed by atoms with Gasteiger partial charge in [-0.25, -0.2) is 4.98 Å². The lowest BCUT2D eigenvalue weighted by atomic mass is 10.2. The Hall–Kier alpha value is -3.02. The van der Waals surface area contributed by atoms with Crippen molar-refractivity contribution in [3.63, 3.8) is 0 Å². The van der Waals surface area contributed by atoms with E-state index in [1.165, 1.54) is 0 Å². The standard InChI is InChI=1S/C26H33N3O3/c1-2-31-23-12-7-8-13-24(23)32-19-18-29-22-11-6-5-10-21(22)28-25(29)14-4-3-9-17-27-26(30)20-15-16-20/h5-8,10-13,20H,2-4,9,14-19H2,1H3,(H,27,30). The molecule has 1 aliphatic carbocycles. The van der Waals surface area contributed by atoms with Gasteiger partial charge < -0.3 is 19.4 Å². The molecule has 0 unspecified atom stereocenters. The highest BCUT2D eigenvalue weighted by atomic mass is 16.5. The Kier molecular flexibility index (Phi) is 7.64. The summed E-state index contributed by atoms with van der Waals surface area (Å²) >= 11 is 0. The van der Waals surface area contributed by atoms with Gasteiger partial charge in [0.25, 0.3) is 0 Å². The van der Waals surface area contributed by atoms with Gasteiger partial charge in [0, 0.05) is 18.9 Å². The van der Waals surface area contributed by atoms with Crippen LogP contribution < -0.4 is 14.8 Å². The molecule has 1 heterocycles. The first kappa shape index (κ1) is 22.2. The number of para-hydroxylation sites is 4. The minimum atomic E-state index is 0.234. The van der Waals surface area contributed by atoms with Crippen LogP contribution in [0.25, 0.3) is 11.0 Å². The van der Waals surface area contributed by atoms with Crippen molar-refractivity contribution in [2.24, 2.45) is 5.92 Å². The lowest BCUT2D eigenvalue weighted by Gasteiger charge is -2.13. The Morgan fingerprint density at radius 2 is 1.78 bits per heavy atom. The summed E-state index contributed by atoms with van der Waals surface area (Å²) in [6.07, 6.45) is 6.17. The summed E-state index contributed by atoms with van der Waals surface area (Å²) in [5, 5.41) is 3.05. The number of hydrogen-bond acceptors (Lipinski definition) is 4. The molecule has 0 aliphatic heterocycles. The summed E-state index contributed by atoms with van der Waals surface area (Å²) in [5.41, 5.74) is 2.16. The van der Waals surface area contributed by atoms with Crippen LogP contribution in [0, 0.1) is 5.92 Å². The van der Waals surface area contributed by atoms with Crippen molar-refractivity contribution in [1.29, 1.82) is 0 Å². The highest BCUT2D eigenvalue weighted by Gasteiger charge is 2.28. The van der Waals surface area contributed by atoms with Crippen molar-refractivity contribution in [3.05, 3.63) is 54.4 Å². The second kappa shape index (κ2) is 11.0. The van der Waals surface area contributed by atoms with E-state index in [0.29, 0.717) is 13.2 Å². The molecule has 6 nitrogen and oxygen atoms in total. The summed E-state index contributed by atoms with van der Waals surface area (Å²) in [6.45, 7) is 4.64.